The molecule has 0 amide bonds. The maximum absolute atomic E-state index is 10.8. The predicted molar refractivity (Wildman–Crippen MR) is 60.4 cm³/mol. The van der Waals surface area contributed by atoms with Crippen LogP contribution in [0.2, 0.25) is 0 Å². The highest BCUT2D eigenvalue weighted by atomic mass is 16.1. The van der Waals surface area contributed by atoms with Crippen molar-refractivity contribution in [1.29, 1.82) is 0 Å². The Bertz CT molecular complexity index is 386. The second-order valence-corrected chi connectivity index (χ2v) is 3.68. The van der Waals surface area contributed by atoms with E-state index in [1.54, 1.807) is 13.0 Å². The summed E-state index contributed by atoms with van der Waals surface area (Å²) in [6.07, 6.45) is 3.52. The van der Waals surface area contributed by atoms with E-state index >= 15 is 0 Å². The van der Waals surface area contributed by atoms with Crippen LogP contribution in [0.15, 0.2) is 18.2 Å². The van der Waals surface area contributed by atoms with E-state index in [1.165, 1.54) is 22.3 Å². The van der Waals surface area contributed by atoms with Crippen molar-refractivity contribution in [1.82, 2.24) is 0 Å². The predicted octanol–water partition coefficient (Wildman–Crippen LogP) is 3.21. The lowest BCUT2D eigenvalue weighted by Crippen LogP contribution is -1.91. The van der Waals surface area contributed by atoms with Crippen LogP contribution in [-0.2, 0) is 4.79 Å². The lowest BCUT2D eigenvalue weighted by molar-refractivity contribution is -0.112. The molecule has 14 heavy (non-hydrogen) atoms. The lowest BCUT2D eigenvalue weighted by Gasteiger charge is -2.07. The fourth-order valence-corrected chi connectivity index (χ4v) is 1.43. The monoisotopic (exact) mass is 188 g/mol. The molecule has 1 rings (SSSR count). The molecule has 1 heteroatoms. The van der Waals surface area contributed by atoms with Crippen molar-refractivity contribution < 1.29 is 4.79 Å². The van der Waals surface area contributed by atoms with E-state index in [0.29, 0.717) is 0 Å². The van der Waals surface area contributed by atoms with Gasteiger partial charge in [-0.1, -0.05) is 18.2 Å². The van der Waals surface area contributed by atoms with Gasteiger partial charge in [-0.15, -0.1) is 0 Å². The molecule has 0 N–H and O–H groups in total. The summed E-state index contributed by atoms with van der Waals surface area (Å²) in [6.45, 7) is 7.80. The molecule has 0 fully saturated rings. The number of hydrogen-bond donors (Lipinski definition) is 0. The molecule has 0 unspecified atom stereocenters. The van der Waals surface area contributed by atoms with Gasteiger partial charge in [-0.3, -0.25) is 4.79 Å². The summed E-state index contributed by atoms with van der Waals surface area (Å²) in [5.74, 6) is 0.0882. The summed E-state index contributed by atoms with van der Waals surface area (Å²) >= 11 is 0. The first-order valence-corrected chi connectivity index (χ1v) is 4.78. The van der Waals surface area contributed by atoms with Crippen LogP contribution in [0, 0.1) is 20.8 Å². The van der Waals surface area contributed by atoms with Crippen LogP contribution in [-0.4, -0.2) is 5.78 Å². The molecular formula is C13H16O. The zero-order valence-corrected chi connectivity index (χ0v) is 9.22. The van der Waals surface area contributed by atoms with Crippen molar-refractivity contribution in [3.05, 3.63) is 40.5 Å². The summed E-state index contributed by atoms with van der Waals surface area (Å²) in [6, 6.07) is 4.19. The van der Waals surface area contributed by atoms with E-state index in [9.17, 15) is 4.79 Å². The van der Waals surface area contributed by atoms with E-state index in [0.717, 1.165) is 0 Å². The van der Waals surface area contributed by atoms with Gasteiger partial charge in [0.2, 0.25) is 0 Å². The van der Waals surface area contributed by atoms with Crippen LogP contribution in [0.1, 0.15) is 29.2 Å². The summed E-state index contributed by atoms with van der Waals surface area (Å²) < 4.78 is 0. The van der Waals surface area contributed by atoms with Crippen LogP contribution in [0.3, 0.4) is 0 Å². The van der Waals surface area contributed by atoms with Crippen LogP contribution in [0.4, 0.5) is 0 Å². The van der Waals surface area contributed by atoms with Crippen molar-refractivity contribution in [2.75, 3.05) is 0 Å². The van der Waals surface area contributed by atoms with Crippen LogP contribution in [0.5, 0.6) is 0 Å². The summed E-state index contributed by atoms with van der Waals surface area (Å²) in [4.78, 5) is 10.8. The topological polar surface area (TPSA) is 17.1 Å². The molecule has 1 aromatic rings. The molecule has 0 saturated heterocycles. The summed E-state index contributed by atoms with van der Waals surface area (Å²) in [5, 5.41) is 0. The zero-order valence-electron chi connectivity index (χ0n) is 9.22. The van der Waals surface area contributed by atoms with Crippen molar-refractivity contribution in [3.63, 3.8) is 0 Å². The van der Waals surface area contributed by atoms with Crippen LogP contribution in [0.25, 0.3) is 6.08 Å². The Balaban J connectivity index is 3.19. The number of allylic oxidation sites excluding steroid dienone is 1. The molecule has 0 saturated carbocycles. The van der Waals surface area contributed by atoms with Gasteiger partial charge in [0.1, 0.15) is 0 Å². The Labute approximate surface area is 85.5 Å². The largest absolute Gasteiger partial charge is 0.295 e. The minimum Gasteiger partial charge on any atom is -0.295 e. The van der Waals surface area contributed by atoms with E-state index < -0.39 is 0 Å². The third-order valence-electron chi connectivity index (χ3n) is 2.49. The molecule has 0 heterocycles. The second kappa shape index (κ2) is 4.23. The molecule has 0 spiro atoms. The van der Waals surface area contributed by atoms with Gasteiger partial charge in [0, 0.05) is 0 Å². The molecule has 0 aliphatic heterocycles. The van der Waals surface area contributed by atoms with Gasteiger partial charge in [0.15, 0.2) is 5.78 Å². The fraction of sp³-hybridized carbons (Fsp3) is 0.308. The first kappa shape index (κ1) is 10.7. The number of ketones is 1. The fourth-order valence-electron chi connectivity index (χ4n) is 1.43. The number of benzene rings is 1. The number of carbonyl (C=O) groups excluding carboxylic acids is 1. The normalized spacial score (nSPS) is 10.9. The molecule has 74 valence electrons. The Hall–Kier alpha value is -1.37. The smallest absolute Gasteiger partial charge is 0.152 e. The van der Waals surface area contributed by atoms with Gasteiger partial charge in [0.05, 0.1) is 0 Å². The number of aryl methyl sites for hydroxylation is 2. The lowest BCUT2D eigenvalue weighted by atomic mass is 9.98. The first-order valence-electron chi connectivity index (χ1n) is 4.78. The minimum absolute atomic E-state index is 0.0882. The summed E-state index contributed by atoms with van der Waals surface area (Å²) in [7, 11) is 0. The maximum Gasteiger partial charge on any atom is 0.152 e. The van der Waals surface area contributed by atoms with Gasteiger partial charge in [-0.2, -0.15) is 0 Å². The summed E-state index contributed by atoms with van der Waals surface area (Å²) in [5.41, 5.74) is 4.90. The van der Waals surface area contributed by atoms with E-state index in [-0.39, 0.29) is 5.78 Å². The first-order chi connectivity index (χ1) is 6.52. The Morgan fingerprint density at radius 2 is 1.71 bits per heavy atom. The average Bonchev–Trinajstić information content (AvgIpc) is 2.11. The van der Waals surface area contributed by atoms with Crippen molar-refractivity contribution in [2.45, 2.75) is 27.7 Å². The molecule has 0 aliphatic rings. The standard InChI is InChI=1S/C13H16O/c1-9-5-6-10(2)13(12(9)4)8-7-11(3)14/h5-8H,1-4H3/b8-7+. The van der Waals surface area contributed by atoms with Crippen LogP contribution < -0.4 is 0 Å². The average molecular weight is 188 g/mol. The van der Waals surface area contributed by atoms with Gasteiger partial charge in [-0.05, 0) is 56.0 Å². The second-order valence-electron chi connectivity index (χ2n) is 3.68. The maximum atomic E-state index is 10.8. The Kier molecular flexibility index (Phi) is 3.23. The molecule has 0 aromatic heterocycles. The number of carbonyl (C=O) groups is 1. The third kappa shape index (κ3) is 2.32. The minimum atomic E-state index is 0.0882. The number of rotatable bonds is 2. The quantitative estimate of drug-likeness (QED) is 0.651. The van der Waals surface area contributed by atoms with Gasteiger partial charge in [0.25, 0.3) is 0 Å². The molecular weight excluding hydrogens is 172 g/mol. The highest BCUT2D eigenvalue weighted by Crippen LogP contribution is 2.18. The molecule has 1 nitrogen and oxygen atoms in total. The van der Waals surface area contributed by atoms with E-state index in [4.69, 9.17) is 0 Å². The molecule has 0 bridgehead atoms. The van der Waals surface area contributed by atoms with E-state index in [1.807, 2.05) is 6.08 Å². The van der Waals surface area contributed by atoms with Crippen molar-refractivity contribution in [3.8, 4) is 0 Å². The highest BCUT2D eigenvalue weighted by Gasteiger charge is 2.01. The van der Waals surface area contributed by atoms with Gasteiger partial charge >= 0.3 is 0 Å². The number of hydrogen-bond acceptors (Lipinski definition) is 1. The Morgan fingerprint density at radius 3 is 2.29 bits per heavy atom. The molecule has 1 aromatic carbocycles. The molecule has 0 aliphatic carbocycles. The molecule has 0 atom stereocenters. The van der Waals surface area contributed by atoms with Crippen LogP contribution >= 0.6 is 0 Å². The highest BCUT2D eigenvalue weighted by molar-refractivity contribution is 5.91. The zero-order chi connectivity index (χ0) is 10.7. The van der Waals surface area contributed by atoms with Gasteiger partial charge in [-0.25, -0.2) is 0 Å². The third-order valence-corrected chi connectivity index (χ3v) is 2.49. The van der Waals surface area contributed by atoms with Crippen molar-refractivity contribution in [2.24, 2.45) is 0 Å². The van der Waals surface area contributed by atoms with E-state index in [2.05, 4.69) is 32.9 Å². The molecule has 0 radical (unpaired) electrons. The Morgan fingerprint density at radius 1 is 1.14 bits per heavy atom. The van der Waals surface area contributed by atoms with Gasteiger partial charge < -0.3 is 0 Å². The van der Waals surface area contributed by atoms with Crippen molar-refractivity contribution >= 4 is 11.9 Å². The SMILES string of the molecule is CC(=O)/C=C/c1c(C)ccc(C)c1C.